The van der Waals surface area contributed by atoms with Crippen molar-refractivity contribution in [1.29, 1.82) is 0 Å². The highest BCUT2D eigenvalue weighted by molar-refractivity contribution is 9.10. The predicted molar refractivity (Wildman–Crippen MR) is 63.4 cm³/mol. The molecule has 0 spiro atoms. The number of thiophene rings is 1. The predicted octanol–water partition coefficient (Wildman–Crippen LogP) is 2.96. The average molecular weight is 274 g/mol. The summed E-state index contributed by atoms with van der Waals surface area (Å²) in [6.07, 6.45) is 3.62. The highest BCUT2D eigenvalue weighted by Crippen LogP contribution is 2.33. The SMILES string of the molecule is CC(Br)C(=O)Nc1cc2c(s1)CCC2. The van der Waals surface area contributed by atoms with E-state index >= 15 is 0 Å². The van der Waals surface area contributed by atoms with E-state index in [4.69, 9.17) is 0 Å². The molecule has 1 aromatic heterocycles. The number of carbonyl (C=O) groups is 1. The zero-order chi connectivity index (χ0) is 10.1. The van der Waals surface area contributed by atoms with Crippen molar-refractivity contribution < 1.29 is 4.79 Å². The molecule has 1 aliphatic carbocycles. The fraction of sp³-hybridized carbons (Fsp3) is 0.500. The fourth-order valence-corrected chi connectivity index (χ4v) is 2.88. The number of nitrogens with one attached hydrogen (secondary N) is 1. The van der Waals surface area contributed by atoms with Crippen LogP contribution in [0.15, 0.2) is 6.07 Å². The molecule has 1 atom stereocenters. The van der Waals surface area contributed by atoms with Crippen LogP contribution in [0, 0.1) is 0 Å². The summed E-state index contributed by atoms with van der Waals surface area (Å²) in [5.41, 5.74) is 1.42. The molecule has 1 aliphatic rings. The van der Waals surface area contributed by atoms with Crippen molar-refractivity contribution in [2.45, 2.75) is 31.0 Å². The normalized spacial score (nSPS) is 16.4. The first-order valence-electron chi connectivity index (χ1n) is 4.73. The van der Waals surface area contributed by atoms with Gasteiger partial charge in [-0.25, -0.2) is 0 Å². The maximum atomic E-state index is 11.4. The summed E-state index contributed by atoms with van der Waals surface area (Å²) in [6, 6.07) is 2.11. The number of anilines is 1. The first-order chi connectivity index (χ1) is 6.66. The Morgan fingerprint density at radius 1 is 1.64 bits per heavy atom. The quantitative estimate of drug-likeness (QED) is 0.825. The minimum absolute atomic E-state index is 0.0323. The van der Waals surface area contributed by atoms with Crippen LogP contribution in [-0.4, -0.2) is 10.7 Å². The van der Waals surface area contributed by atoms with Gasteiger partial charge in [-0.15, -0.1) is 11.3 Å². The Morgan fingerprint density at radius 2 is 2.43 bits per heavy atom. The number of rotatable bonds is 2. The number of halogens is 1. The third-order valence-corrected chi connectivity index (χ3v) is 3.92. The molecule has 2 rings (SSSR count). The van der Waals surface area contributed by atoms with Gasteiger partial charge in [-0.2, -0.15) is 0 Å². The Morgan fingerprint density at radius 3 is 3.07 bits per heavy atom. The molecule has 2 nitrogen and oxygen atoms in total. The third-order valence-electron chi connectivity index (χ3n) is 2.35. The lowest BCUT2D eigenvalue weighted by Gasteiger charge is -2.03. The smallest absolute Gasteiger partial charge is 0.238 e. The molecule has 1 heterocycles. The van der Waals surface area contributed by atoms with Gasteiger partial charge in [-0.05, 0) is 37.8 Å². The van der Waals surface area contributed by atoms with Crippen LogP contribution < -0.4 is 5.32 Å². The molecule has 76 valence electrons. The van der Waals surface area contributed by atoms with Gasteiger partial charge >= 0.3 is 0 Å². The third kappa shape index (κ3) is 2.01. The Labute approximate surface area is 95.8 Å². The maximum Gasteiger partial charge on any atom is 0.238 e. The van der Waals surface area contributed by atoms with E-state index in [0.29, 0.717) is 0 Å². The molecule has 1 unspecified atom stereocenters. The van der Waals surface area contributed by atoms with Gasteiger partial charge in [0.2, 0.25) is 5.91 Å². The van der Waals surface area contributed by atoms with E-state index in [-0.39, 0.29) is 10.7 Å². The first kappa shape index (κ1) is 10.2. The van der Waals surface area contributed by atoms with E-state index in [1.807, 2.05) is 6.92 Å². The Bertz CT molecular complexity index is 338. The Balaban J connectivity index is 2.07. The molecule has 0 radical (unpaired) electrons. The zero-order valence-electron chi connectivity index (χ0n) is 7.97. The molecule has 14 heavy (non-hydrogen) atoms. The molecule has 1 N–H and O–H groups in total. The molecule has 1 amide bonds. The van der Waals surface area contributed by atoms with Crippen LogP contribution in [0.5, 0.6) is 0 Å². The molecule has 1 aromatic rings. The Hall–Kier alpha value is -0.350. The van der Waals surface area contributed by atoms with Crippen molar-refractivity contribution in [3.8, 4) is 0 Å². The lowest BCUT2D eigenvalue weighted by molar-refractivity contribution is -0.115. The van der Waals surface area contributed by atoms with E-state index in [2.05, 4.69) is 27.3 Å². The van der Waals surface area contributed by atoms with Crippen LogP contribution in [0.1, 0.15) is 23.8 Å². The molecule has 0 bridgehead atoms. The molecular formula is C10H12BrNOS. The van der Waals surface area contributed by atoms with Crippen molar-refractivity contribution in [3.63, 3.8) is 0 Å². The van der Waals surface area contributed by atoms with Gasteiger partial charge in [0.1, 0.15) is 0 Å². The number of aryl methyl sites for hydroxylation is 2. The standard InChI is InChI=1S/C10H12BrNOS/c1-6(11)10(13)12-9-5-7-3-2-4-8(7)14-9/h5-6H,2-4H2,1H3,(H,12,13). The van der Waals surface area contributed by atoms with E-state index < -0.39 is 0 Å². The average Bonchev–Trinajstić information content (AvgIpc) is 2.63. The molecule has 0 saturated carbocycles. The largest absolute Gasteiger partial charge is 0.317 e. The van der Waals surface area contributed by atoms with Gasteiger partial charge in [-0.1, -0.05) is 15.9 Å². The second-order valence-corrected chi connectivity index (χ2v) is 6.03. The van der Waals surface area contributed by atoms with Crippen LogP contribution in [0.3, 0.4) is 0 Å². The van der Waals surface area contributed by atoms with Gasteiger partial charge < -0.3 is 5.32 Å². The number of hydrogen-bond donors (Lipinski definition) is 1. The lowest BCUT2D eigenvalue weighted by Crippen LogP contribution is -2.19. The van der Waals surface area contributed by atoms with Crippen molar-refractivity contribution >= 4 is 38.2 Å². The molecule has 4 heteroatoms. The van der Waals surface area contributed by atoms with Crippen molar-refractivity contribution in [2.24, 2.45) is 0 Å². The van der Waals surface area contributed by atoms with Crippen molar-refractivity contribution in [3.05, 3.63) is 16.5 Å². The van der Waals surface area contributed by atoms with Crippen LogP contribution in [0.4, 0.5) is 5.00 Å². The van der Waals surface area contributed by atoms with E-state index in [0.717, 1.165) is 5.00 Å². The van der Waals surface area contributed by atoms with Gasteiger partial charge in [-0.3, -0.25) is 4.79 Å². The molecule has 0 aromatic carbocycles. The Kier molecular flexibility index (Phi) is 2.93. The number of fused-ring (bicyclic) bond motifs is 1. The van der Waals surface area contributed by atoms with Crippen LogP contribution in [0.25, 0.3) is 0 Å². The topological polar surface area (TPSA) is 29.1 Å². The molecule has 0 aliphatic heterocycles. The summed E-state index contributed by atoms with van der Waals surface area (Å²) in [6.45, 7) is 1.83. The van der Waals surface area contributed by atoms with Crippen molar-refractivity contribution in [1.82, 2.24) is 0 Å². The summed E-state index contributed by atoms with van der Waals surface area (Å²) in [5, 5.41) is 3.90. The van der Waals surface area contributed by atoms with Crippen molar-refractivity contribution in [2.75, 3.05) is 5.32 Å². The first-order valence-corrected chi connectivity index (χ1v) is 6.46. The van der Waals surface area contributed by atoms with Gasteiger partial charge in [0.05, 0.1) is 9.83 Å². The van der Waals surface area contributed by atoms with Gasteiger partial charge in [0, 0.05) is 4.88 Å². The van der Waals surface area contributed by atoms with E-state index in [1.165, 1.54) is 29.7 Å². The lowest BCUT2D eigenvalue weighted by atomic mass is 10.3. The second-order valence-electron chi connectivity index (χ2n) is 3.52. The van der Waals surface area contributed by atoms with Crippen LogP contribution >= 0.6 is 27.3 Å². The number of hydrogen-bond acceptors (Lipinski definition) is 2. The summed E-state index contributed by atoms with van der Waals surface area (Å²) >= 11 is 4.96. The fourth-order valence-electron chi connectivity index (χ4n) is 1.61. The molecule has 0 saturated heterocycles. The molecular weight excluding hydrogens is 262 g/mol. The summed E-state index contributed by atoms with van der Waals surface area (Å²) < 4.78 is 0. The maximum absolute atomic E-state index is 11.4. The van der Waals surface area contributed by atoms with E-state index in [9.17, 15) is 4.79 Å². The van der Waals surface area contributed by atoms with E-state index in [1.54, 1.807) is 11.3 Å². The van der Waals surface area contributed by atoms with Crippen LogP contribution in [-0.2, 0) is 17.6 Å². The highest BCUT2D eigenvalue weighted by Gasteiger charge is 2.16. The summed E-state index contributed by atoms with van der Waals surface area (Å²) in [5.74, 6) is 0.0323. The minimum Gasteiger partial charge on any atom is -0.317 e. The number of amides is 1. The summed E-state index contributed by atoms with van der Waals surface area (Å²) in [7, 11) is 0. The highest BCUT2D eigenvalue weighted by atomic mass is 79.9. The van der Waals surface area contributed by atoms with Gasteiger partial charge in [0.25, 0.3) is 0 Å². The molecule has 0 fully saturated rings. The zero-order valence-corrected chi connectivity index (χ0v) is 10.4. The van der Waals surface area contributed by atoms with Crippen LogP contribution in [0.2, 0.25) is 0 Å². The second kappa shape index (κ2) is 4.03. The monoisotopic (exact) mass is 273 g/mol. The number of alkyl halides is 1. The number of carbonyl (C=O) groups excluding carboxylic acids is 1. The summed E-state index contributed by atoms with van der Waals surface area (Å²) in [4.78, 5) is 12.7. The minimum atomic E-state index is -0.126. The van der Waals surface area contributed by atoms with Gasteiger partial charge in [0.15, 0.2) is 0 Å².